The molecular formula is C27H38FN3O4. The van der Waals surface area contributed by atoms with Crippen LogP contribution < -0.4 is 10.2 Å². The number of ether oxygens (including phenoxy) is 2. The van der Waals surface area contributed by atoms with Gasteiger partial charge < -0.3 is 24.6 Å². The van der Waals surface area contributed by atoms with Crippen LogP contribution in [0.4, 0.5) is 14.9 Å². The summed E-state index contributed by atoms with van der Waals surface area (Å²) >= 11 is 0. The van der Waals surface area contributed by atoms with Gasteiger partial charge in [-0.3, -0.25) is 4.79 Å². The maximum atomic E-state index is 13.9. The van der Waals surface area contributed by atoms with Gasteiger partial charge >= 0.3 is 6.09 Å². The minimum atomic E-state index is -0.756. The van der Waals surface area contributed by atoms with Gasteiger partial charge in [-0.15, -0.1) is 0 Å². The van der Waals surface area contributed by atoms with Crippen LogP contribution in [0, 0.1) is 11.7 Å². The van der Waals surface area contributed by atoms with Gasteiger partial charge in [-0.1, -0.05) is 32.1 Å². The summed E-state index contributed by atoms with van der Waals surface area (Å²) in [5.41, 5.74) is 2.23. The van der Waals surface area contributed by atoms with Crippen molar-refractivity contribution in [3.63, 3.8) is 0 Å². The molecule has 35 heavy (non-hydrogen) atoms. The van der Waals surface area contributed by atoms with Crippen molar-refractivity contribution >= 4 is 17.7 Å². The van der Waals surface area contributed by atoms with E-state index >= 15 is 0 Å². The topological polar surface area (TPSA) is 71.1 Å². The zero-order valence-corrected chi connectivity index (χ0v) is 20.8. The molecule has 0 unspecified atom stereocenters. The van der Waals surface area contributed by atoms with Crippen molar-refractivity contribution in [1.82, 2.24) is 10.2 Å². The molecular weight excluding hydrogens is 449 g/mol. The second-order valence-corrected chi connectivity index (χ2v) is 10.9. The number of carbonyl (C=O) groups excluding carboxylic acids is 2. The Kier molecular flexibility index (Phi) is 7.19. The Bertz CT molecular complexity index is 925. The van der Waals surface area contributed by atoms with Crippen LogP contribution in [0.25, 0.3) is 0 Å². The maximum Gasteiger partial charge on any atom is 0.408 e. The first kappa shape index (κ1) is 24.3. The van der Waals surface area contributed by atoms with Crippen LogP contribution in [0.3, 0.4) is 0 Å². The lowest BCUT2D eigenvalue weighted by atomic mass is 9.85. The van der Waals surface area contributed by atoms with Crippen molar-refractivity contribution in [2.45, 2.75) is 75.9 Å². The summed E-state index contributed by atoms with van der Waals surface area (Å²) in [5.74, 6) is 0.119. The molecule has 5 rings (SSSR count). The standard InChI is InChI=1S/C27H38FN3O4/c1-19(17-31-18-27(9-10-27)22-16-21(28)7-8-23(22)31)29-26(33)35-24(15-20-5-3-2-4-6-20)25(32)30-11-13-34-14-12-30/h7-8,16,19-20,24H,2-6,9-15,17-18H2,1H3,(H,29,33)/t19-,24-/m0/s1. The Hall–Kier alpha value is -2.35. The molecule has 1 aromatic carbocycles. The van der Waals surface area contributed by atoms with Crippen LogP contribution in [0.5, 0.6) is 0 Å². The van der Waals surface area contributed by atoms with Gasteiger partial charge in [0, 0.05) is 43.3 Å². The van der Waals surface area contributed by atoms with Gasteiger partial charge in [0.25, 0.3) is 5.91 Å². The average molecular weight is 488 g/mol. The van der Waals surface area contributed by atoms with Gasteiger partial charge in [-0.05, 0) is 55.9 Å². The fourth-order valence-corrected chi connectivity index (χ4v) is 6.14. The highest BCUT2D eigenvalue weighted by atomic mass is 19.1. The molecule has 0 aromatic heterocycles. The number of nitrogens with one attached hydrogen (secondary N) is 1. The second-order valence-electron chi connectivity index (χ2n) is 10.9. The van der Waals surface area contributed by atoms with Gasteiger partial charge in [-0.25, -0.2) is 9.18 Å². The van der Waals surface area contributed by atoms with Crippen LogP contribution in [0.2, 0.25) is 0 Å². The highest BCUT2D eigenvalue weighted by Crippen LogP contribution is 2.56. The number of carbonyl (C=O) groups is 2. The Morgan fingerprint density at radius 1 is 1.20 bits per heavy atom. The van der Waals surface area contributed by atoms with Crippen molar-refractivity contribution in [1.29, 1.82) is 0 Å². The minimum absolute atomic E-state index is 0.0767. The molecule has 1 spiro atoms. The SMILES string of the molecule is C[C@@H](CN1CC2(CC2)c2cc(F)ccc21)NC(=O)O[C@@H](CC1CCCCC1)C(=O)N1CCOCC1. The molecule has 1 saturated heterocycles. The third-order valence-corrected chi connectivity index (χ3v) is 8.20. The minimum Gasteiger partial charge on any atom is -0.436 e. The molecule has 7 nitrogen and oxygen atoms in total. The third-order valence-electron chi connectivity index (χ3n) is 8.20. The zero-order chi connectivity index (χ0) is 24.4. The van der Waals surface area contributed by atoms with Gasteiger partial charge in [0.1, 0.15) is 5.82 Å². The van der Waals surface area contributed by atoms with Crippen LogP contribution in [0.15, 0.2) is 18.2 Å². The number of alkyl carbamates (subject to hydrolysis) is 1. The van der Waals surface area contributed by atoms with Crippen molar-refractivity contribution in [3.05, 3.63) is 29.6 Å². The fourth-order valence-electron chi connectivity index (χ4n) is 6.14. The summed E-state index contributed by atoms with van der Waals surface area (Å²) in [6, 6.07) is 4.85. The van der Waals surface area contributed by atoms with Gasteiger partial charge in [0.2, 0.25) is 0 Å². The molecule has 8 heteroatoms. The number of halogens is 1. The normalized spacial score (nSPS) is 23.0. The number of fused-ring (bicyclic) bond motifs is 2. The quantitative estimate of drug-likeness (QED) is 0.630. The van der Waals surface area contributed by atoms with E-state index in [2.05, 4.69) is 10.2 Å². The summed E-state index contributed by atoms with van der Waals surface area (Å²) < 4.78 is 25.0. The predicted octanol–water partition coefficient (Wildman–Crippen LogP) is 3.99. The molecule has 2 aliphatic carbocycles. The third kappa shape index (κ3) is 5.57. The number of nitrogens with zero attached hydrogens (tertiary/aromatic N) is 2. The molecule has 3 fully saturated rings. The predicted molar refractivity (Wildman–Crippen MR) is 131 cm³/mol. The monoisotopic (exact) mass is 487 g/mol. The molecule has 1 N–H and O–H groups in total. The number of rotatable bonds is 7. The van der Waals surface area contributed by atoms with Crippen LogP contribution in [0.1, 0.15) is 63.9 Å². The Morgan fingerprint density at radius 3 is 2.66 bits per heavy atom. The summed E-state index contributed by atoms with van der Waals surface area (Å²) in [6.07, 6.45) is 7.22. The van der Waals surface area contributed by atoms with E-state index in [1.54, 1.807) is 11.0 Å². The number of benzene rings is 1. The largest absolute Gasteiger partial charge is 0.436 e. The van der Waals surface area contributed by atoms with Gasteiger partial charge in [0.15, 0.2) is 6.10 Å². The molecule has 2 amide bonds. The Labute approximate surface area is 207 Å². The van der Waals surface area contributed by atoms with Crippen LogP contribution >= 0.6 is 0 Å². The van der Waals surface area contributed by atoms with E-state index in [0.29, 0.717) is 45.2 Å². The lowest BCUT2D eigenvalue weighted by Gasteiger charge is -2.32. The van der Waals surface area contributed by atoms with Crippen molar-refractivity contribution in [2.75, 3.05) is 44.3 Å². The lowest BCUT2D eigenvalue weighted by molar-refractivity contribution is -0.145. The van der Waals surface area contributed by atoms with Crippen molar-refractivity contribution < 1.29 is 23.5 Å². The first-order chi connectivity index (χ1) is 16.9. The summed E-state index contributed by atoms with van der Waals surface area (Å²) in [4.78, 5) is 30.1. The highest BCUT2D eigenvalue weighted by Gasteiger charge is 2.51. The molecule has 2 aliphatic heterocycles. The summed E-state index contributed by atoms with van der Waals surface area (Å²) in [6.45, 7) is 5.53. The van der Waals surface area contributed by atoms with Gasteiger partial charge in [0.05, 0.1) is 13.2 Å². The fraction of sp³-hybridized carbons (Fsp3) is 0.704. The van der Waals surface area contributed by atoms with E-state index in [0.717, 1.165) is 43.5 Å². The average Bonchev–Trinajstić information content (AvgIpc) is 3.58. The summed E-state index contributed by atoms with van der Waals surface area (Å²) in [5, 5.41) is 2.95. The number of hydrogen-bond donors (Lipinski definition) is 1. The molecule has 192 valence electrons. The van der Waals surface area contributed by atoms with E-state index in [4.69, 9.17) is 9.47 Å². The molecule has 4 aliphatic rings. The smallest absolute Gasteiger partial charge is 0.408 e. The second kappa shape index (κ2) is 10.3. The van der Waals surface area contributed by atoms with Gasteiger partial charge in [-0.2, -0.15) is 0 Å². The molecule has 1 aromatic rings. The molecule has 0 bridgehead atoms. The first-order valence-corrected chi connectivity index (χ1v) is 13.3. The van der Waals surface area contributed by atoms with Crippen molar-refractivity contribution in [2.24, 2.45) is 5.92 Å². The number of hydrogen-bond acceptors (Lipinski definition) is 5. The van der Waals surface area contributed by atoms with E-state index in [9.17, 15) is 14.0 Å². The van der Waals surface area contributed by atoms with E-state index < -0.39 is 12.2 Å². The molecule has 0 radical (unpaired) electrons. The number of anilines is 1. The zero-order valence-electron chi connectivity index (χ0n) is 20.8. The summed E-state index contributed by atoms with van der Waals surface area (Å²) in [7, 11) is 0. The molecule has 2 saturated carbocycles. The lowest BCUT2D eigenvalue weighted by Crippen LogP contribution is -2.49. The van der Waals surface area contributed by atoms with E-state index in [1.165, 1.54) is 25.3 Å². The number of morpholine rings is 1. The van der Waals surface area contributed by atoms with E-state index in [-0.39, 0.29) is 23.2 Å². The first-order valence-electron chi connectivity index (χ1n) is 13.3. The van der Waals surface area contributed by atoms with Crippen LogP contribution in [-0.2, 0) is 19.7 Å². The molecule has 2 heterocycles. The molecule has 2 atom stereocenters. The highest BCUT2D eigenvalue weighted by molar-refractivity contribution is 5.83. The number of amides is 2. The van der Waals surface area contributed by atoms with Crippen molar-refractivity contribution in [3.8, 4) is 0 Å². The Morgan fingerprint density at radius 2 is 1.94 bits per heavy atom. The van der Waals surface area contributed by atoms with Crippen LogP contribution in [-0.4, -0.2) is 68.4 Å². The maximum absolute atomic E-state index is 13.9. The van der Waals surface area contributed by atoms with E-state index in [1.807, 2.05) is 13.0 Å². The Balaban J connectivity index is 1.19.